The van der Waals surface area contributed by atoms with Gasteiger partial charge < -0.3 is 4.90 Å². The van der Waals surface area contributed by atoms with Gasteiger partial charge in [-0.15, -0.1) is 0 Å². The van der Waals surface area contributed by atoms with Crippen LogP contribution in [0.15, 0.2) is 24.3 Å². The van der Waals surface area contributed by atoms with Crippen LogP contribution in [-0.4, -0.2) is 52.3 Å². The van der Waals surface area contributed by atoms with Gasteiger partial charge in [-0.3, -0.25) is 19.8 Å². The summed E-state index contributed by atoms with van der Waals surface area (Å²) in [5, 5.41) is 10.6. The lowest BCUT2D eigenvalue weighted by atomic mass is 9.87. The minimum absolute atomic E-state index is 0.145. The van der Waals surface area contributed by atoms with Gasteiger partial charge >= 0.3 is 0 Å². The summed E-state index contributed by atoms with van der Waals surface area (Å²) in [6.45, 7) is 4.71. The van der Waals surface area contributed by atoms with E-state index in [1.165, 1.54) is 6.42 Å². The predicted molar refractivity (Wildman–Crippen MR) is 87.2 cm³/mol. The fourth-order valence-electron chi connectivity index (χ4n) is 3.73. The van der Waals surface area contributed by atoms with Crippen LogP contribution in [0.3, 0.4) is 0 Å². The number of hydrogen-bond donors (Lipinski definition) is 0. The van der Waals surface area contributed by atoms with Gasteiger partial charge in [0.15, 0.2) is 0 Å². The number of nitrogens with zero attached hydrogens (tertiary/aromatic N) is 3. The summed E-state index contributed by atoms with van der Waals surface area (Å²) in [6.07, 6.45) is 3.79. The molecule has 1 amide bonds. The smallest absolute Gasteiger partial charge is 0.269 e. The maximum Gasteiger partial charge on any atom is 0.269 e. The van der Waals surface area contributed by atoms with Crippen molar-refractivity contribution in [2.75, 3.05) is 19.6 Å². The highest BCUT2D eigenvalue weighted by atomic mass is 16.6. The van der Waals surface area contributed by atoms with Gasteiger partial charge in [-0.1, -0.05) is 19.1 Å². The van der Waals surface area contributed by atoms with Crippen molar-refractivity contribution in [1.29, 1.82) is 0 Å². The Morgan fingerprint density at radius 1 is 1.26 bits per heavy atom. The Hall–Kier alpha value is -1.95. The van der Waals surface area contributed by atoms with Crippen LogP contribution in [0.2, 0.25) is 0 Å². The summed E-state index contributed by atoms with van der Waals surface area (Å²) in [5.74, 6) is 0.269. The largest absolute Gasteiger partial charge is 0.340 e. The second-order valence-corrected chi connectivity index (χ2v) is 6.46. The Bertz CT molecular complexity index is 575. The number of amides is 1. The van der Waals surface area contributed by atoms with Crippen LogP contribution in [0.1, 0.15) is 31.7 Å². The number of carbonyl (C=O) groups is 1. The molecule has 3 fully saturated rings. The fourth-order valence-corrected chi connectivity index (χ4v) is 3.73. The number of non-ortho nitro benzene ring substituents is 1. The molecule has 0 aliphatic carbocycles. The zero-order chi connectivity index (χ0) is 16.4. The average molecular weight is 317 g/mol. The lowest BCUT2D eigenvalue weighted by Gasteiger charge is -2.56. The van der Waals surface area contributed by atoms with Crippen LogP contribution in [-0.2, 0) is 11.2 Å². The van der Waals surface area contributed by atoms with Crippen LogP contribution in [0.4, 0.5) is 5.69 Å². The van der Waals surface area contributed by atoms with Crippen LogP contribution in [0.5, 0.6) is 0 Å². The minimum atomic E-state index is -0.367. The lowest BCUT2D eigenvalue weighted by Crippen LogP contribution is -2.69. The van der Waals surface area contributed by atoms with Gasteiger partial charge in [0.2, 0.25) is 5.91 Å². The number of piperidine rings is 1. The summed E-state index contributed by atoms with van der Waals surface area (Å²) in [5.41, 5.74) is 1.29. The topological polar surface area (TPSA) is 66.7 Å². The summed E-state index contributed by atoms with van der Waals surface area (Å²) < 4.78 is 0. The first-order valence-electron chi connectivity index (χ1n) is 8.35. The van der Waals surface area contributed by atoms with Gasteiger partial charge in [0, 0.05) is 43.7 Å². The molecule has 0 N–H and O–H groups in total. The second-order valence-electron chi connectivity index (χ2n) is 6.46. The third-order valence-electron chi connectivity index (χ3n) is 5.03. The number of hydrogen-bond acceptors (Lipinski definition) is 4. The predicted octanol–water partition coefficient (Wildman–Crippen LogP) is 2.22. The molecule has 23 heavy (non-hydrogen) atoms. The molecule has 2 unspecified atom stereocenters. The highest BCUT2D eigenvalue weighted by Gasteiger charge is 2.44. The fraction of sp³-hybridized carbons (Fsp3) is 0.588. The SMILES string of the molecule is CCC(=O)N1CC2CC(C1)N2CCCc1ccc([N+](=O)[O-])cc1. The number of rotatable bonds is 6. The first-order valence-corrected chi connectivity index (χ1v) is 8.35. The Labute approximate surface area is 136 Å². The summed E-state index contributed by atoms with van der Waals surface area (Å²) in [6, 6.07) is 7.89. The first-order chi connectivity index (χ1) is 11.1. The number of carbonyl (C=O) groups excluding carboxylic acids is 1. The van der Waals surface area contributed by atoms with Crippen LogP contribution < -0.4 is 0 Å². The third-order valence-corrected chi connectivity index (χ3v) is 5.03. The molecule has 1 aromatic carbocycles. The molecule has 2 atom stereocenters. The maximum atomic E-state index is 11.8. The van der Waals surface area contributed by atoms with Crippen molar-refractivity contribution in [1.82, 2.24) is 9.80 Å². The van der Waals surface area contributed by atoms with Gasteiger partial charge in [-0.05, 0) is 31.4 Å². The molecule has 6 heteroatoms. The van der Waals surface area contributed by atoms with E-state index in [1.54, 1.807) is 12.1 Å². The molecule has 0 aromatic heterocycles. The molecule has 4 rings (SSSR count). The van der Waals surface area contributed by atoms with Crippen LogP contribution in [0.25, 0.3) is 0 Å². The average Bonchev–Trinajstić information content (AvgIpc) is 2.58. The summed E-state index contributed by atoms with van der Waals surface area (Å²) in [7, 11) is 0. The number of nitro groups is 1. The van der Waals surface area contributed by atoms with Crippen LogP contribution >= 0.6 is 0 Å². The molecule has 6 nitrogen and oxygen atoms in total. The molecule has 3 aliphatic heterocycles. The standard InChI is InChI=1S/C17H23N3O3/c1-2-17(21)18-11-15-10-16(12-18)19(15)9-3-4-13-5-7-14(8-6-13)20(22)23/h5-8,15-16H,2-4,9-12H2,1H3. The van der Waals surface area contributed by atoms with Crippen LogP contribution in [0, 0.1) is 10.1 Å². The molecule has 2 bridgehead atoms. The number of benzene rings is 1. The molecule has 3 aliphatic rings. The molecule has 0 saturated carbocycles. The quantitative estimate of drug-likeness (QED) is 0.596. The maximum absolute atomic E-state index is 11.8. The molecule has 3 heterocycles. The molecule has 1 aromatic rings. The van der Waals surface area contributed by atoms with Crippen molar-refractivity contribution < 1.29 is 9.72 Å². The number of fused-ring (bicyclic) bond motifs is 2. The Balaban J connectivity index is 1.44. The van der Waals surface area contributed by atoms with Crippen molar-refractivity contribution in [3.05, 3.63) is 39.9 Å². The Morgan fingerprint density at radius 2 is 1.91 bits per heavy atom. The van der Waals surface area contributed by atoms with Crippen molar-refractivity contribution in [2.24, 2.45) is 0 Å². The minimum Gasteiger partial charge on any atom is -0.340 e. The highest BCUT2D eigenvalue weighted by molar-refractivity contribution is 5.76. The van der Waals surface area contributed by atoms with Gasteiger partial charge in [0.05, 0.1) is 4.92 Å². The van der Waals surface area contributed by atoms with Crippen molar-refractivity contribution in [3.63, 3.8) is 0 Å². The monoisotopic (exact) mass is 317 g/mol. The normalized spacial score (nSPS) is 23.4. The molecular weight excluding hydrogens is 294 g/mol. The summed E-state index contributed by atoms with van der Waals surface area (Å²) in [4.78, 5) is 26.6. The van der Waals surface area contributed by atoms with E-state index in [0.29, 0.717) is 18.5 Å². The molecular formula is C17H23N3O3. The van der Waals surface area contributed by atoms with Gasteiger partial charge in [0.25, 0.3) is 5.69 Å². The number of aryl methyl sites for hydroxylation is 1. The number of piperazine rings is 1. The van der Waals surface area contributed by atoms with E-state index in [0.717, 1.165) is 38.0 Å². The Morgan fingerprint density at radius 3 is 2.48 bits per heavy atom. The molecule has 0 spiro atoms. The van der Waals surface area contributed by atoms with E-state index in [9.17, 15) is 14.9 Å². The van der Waals surface area contributed by atoms with E-state index in [1.807, 2.05) is 24.0 Å². The van der Waals surface area contributed by atoms with Gasteiger partial charge in [-0.25, -0.2) is 0 Å². The first kappa shape index (κ1) is 15.9. The van der Waals surface area contributed by atoms with E-state index in [-0.39, 0.29) is 16.5 Å². The van der Waals surface area contributed by atoms with Crippen molar-refractivity contribution in [3.8, 4) is 0 Å². The summed E-state index contributed by atoms with van der Waals surface area (Å²) >= 11 is 0. The zero-order valence-corrected chi connectivity index (χ0v) is 13.5. The van der Waals surface area contributed by atoms with Gasteiger partial charge in [-0.2, -0.15) is 0 Å². The third kappa shape index (κ3) is 3.37. The zero-order valence-electron chi connectivity index (χ0n) is 13.5. The molecule has 124 valence electrons. The number of nitro benzene ring substituents is 1. The van der Waals surface area contributed by atoms with Crippen molar-refractivity contribution >= 4 is 11.6 Å². The molecule has 0 radical (unpaired) electrons. The van der Waals surface area contributed by atoms with E-state index in [2.05, 4.69) is 4.90 Å². The van der Waals surface area contributed by atoms with E-state index >= 15 is 0 Å². The van der Waals surface area contributed by atoms with Gasteiger partial charge in [0.1, 0.15) is 0 Å². The highest BCUT2D eigenvalue weighted by Crippen LogP contribution is 2.32. The van der Waals surface area contributed by atoms with Crippen molar-refractivity contribution in [2.45, 2.75) is 44.7 Å². The molecule has 3 saturated heterocycles. The lowest BCUT2D eigenvalue weighted by molar-refractivity contribution is -0.384. The second kappa shape index (κ2) is 6.66. The van der Waals surface area contributed by atoms with E-state index in [4.69, 9.17) is 0 Å². The Kier molecular flexibility index (Phi) is 4.61. The van der Waals surface area contributed by atoms with E-state index < -0.39 is 0 Å².